The van der Waals surface area contributed by atoms with Crippen LogP contribution in [-0.2, 0) is 43.5 Å². The number of sulfonamides is 1. The van der Waals surface area contributed by atoms with Crippen molar-refractivity contribution < 1.29 is 54.5 Å². The Morgan fingerprint density at radius 3 is 1.88 bits per heavy atom. The maximum absolute atomic E-state index is 12.8. The topological polar surface area (TPSA) is 84.0 Å². The van der Waals surface area contributed by atoms with Crippen molar-refractivity contribution in [1.29, 1.82) is 0 Å². The molecule has 1 radical (unpaired) electrons. The van der Waals surface area contributed by atoms with Crippen LogP contribution < -0.4 is 0 Å². The molecule has 7 nitrogen and oxygen atoms in total. The standard InChI is InChI=1S/C18H22F3N2O5S.C3H7.V/c1-17(2,3)13-4-6-14(7-5-13)29(26,27)23-10-8-22(9-11-23)16(25)28-15(12-24)18(19,20)21;1-3-2;/h4-7,15H,8-11H2,1-3H3;3H,1-2H3;/q2*-1;+2. The van der Waals surface area contributed by atoms with E-state index in [1.54, 1.807) is 12.1 Å². The number of halogens is 3. The summed E-state index contributed by atoms with van der Waals surface area (Å²) in [7, 11) is -3.81. The smallest absolute Gasteiger partial charge is 0.538 e. The number of benzene rings is 1. The summed E-state index contributed by atoms with van der Waals surface area (Å²) < 4.78 is 68.3. The van der Waals surface area contributed by atoms with Crippen LogP contribution in [0.4, 0.5) is 18.0 Å². The summed E-state index contributed by atoms with van der Waals surface area (Å²) >= 11 is 0. The number of carbonyl (C=O) groups excluding carboxylic acids is 2. The number of hydrogen-bond acceptors (Lipinski definition) is 5. The predicted octanol–water partition coefficient (Wildman–Crippen LogP) is 3.70. The molecule has 185 valence electrons. The van der Waals surface area contributed by atoms with Gasteiger partial charge in [0.25, 0.3) is 0 Å². The molecule has 2 rings (SSSR count). The fourth-order valence-electron chi connectivity index (χ4n) is 2.72. The quantitative estimate of drug-likeness (QED) is 0.556. The van der Waals surface area contributed by atoms with Crippen molar-refractivity contribution in [2.45, 2.75) is 57.2 Å². The molecule has 12 heteroatoms. The molecule has 1 fully saturated rings. The fraction of sp³-hybridized carbons (Fsp3) is 0.571. The minimum Gasteiger partial charge on any atom is -0.538 e. The molecular weight excluding hydrogens is 500 g/mol. The van der Waals surface area contributed by atoms with Gasteiger partial charge in [-0.15, -0.1) is 0 Å². The molecule has 0 N–H and O–H groups in total. The van der Waals surface area contributed by atoms with Gasteiger partial charge in [-0.3, -0.25) is 0 Å². The zero-order valence-corrected chi connectivity index (χ0v) is 21.4. The number of rotatable bonds is 4. The number of piperazine rings is 1. The summed E-state index contributed by atoms with van der Waals surface area (Å²) in [6.07, 6.45) is -6.74. The third-order valence-corrected chi connectivity index (χ3v) is 6.39. The van der Waals surface area contributed by atoms with Gasteiger partial charge < -0.3 is 20.9 Å². The van der Waals surface area contributed by atoms with Crippen molar-refractivity contribution in [2.24, 2.45) is 0 Å². The normalized spacial score (nSPS) is 16.1. The molecule has 0 bridgehead atoms. The second-order valence-electron chi connectivity index (χ2n) is 8.17. The van der Waals surface area contributed by atoms with E-state index in [0.717, 1.165) is 14.8 Å². The van der Waals surface area contributed by atoms with Crippen molar-refractivity contribution in [2.75, 3.05) is 26.2 Å². The SMILES string of the molecule is CC(C)(C)c1ccc(S(=O)(=O)N2CCN(C(=O)OC([C-]=O)C(F)(F)F)CC2)cc1.C[CH-]C.[V+2]. The van der Waals surface area contributed by atoms with Gasteiger partial charge in [-0.25, -0.2) is 19.5 Å². The third-order valence-electron chi connectivity index (χ3n) is 4.48. The van der Waals surface area contributed by atoms with Crippen LogP contribution in [0.1, 0.15) is 40.2 Å². The first kappa shape index (κ1) is 31.4. The Balaban J connectivity index is 0.00000242. The van der Waals surface area contributed by atoms with Gasteiger partial charge in [-0.05, 0) is 23.1 Å². The van der Waals surface area contributed by atoms with Crippen LogP contribution in [0.25, 0.3) is 0 Å². The molecular formula is C21H29F3N2O5SV. The van der Waals surface area contributed by atoms with E-state index in [2.05, 4.69) is 4.74 Å². The van der Waals surface area contributed by atoms with Crippen LogP contribution in [0.2, 0.25) is 0 Å². The first-order chi connectivity index (χ1) is 14.7. The molecule has 1 aliphatic rings. The monoisotopic (exact) mass is 529 g/mol. The van der Waals surface area contributed by atoms with E-state index < -0.39 is 28.4 Å². The second-order valence-corrected chi connectivity index (χ2v) is 10.1. The Kier molecular flexibility index (Phi) is 12.2. The number of amides is 1. The van der Waals surface area contributed by atoms with Crippen LogP contribution in [0.3, 0.4) is 0 Å². The molecule has 1 aromatic carbocycles. The summed E-state index contributed by atoms with van der Waals surface area (Å²) in [6.45, 7) is 9.45. The van der Waals surface area contributed by atoms with Crippen molar-refractivity contribution in [3.8, 4) is 0 Å². The van der Waals surface area contributed by atoms with Crippen LogP contribution >= 0.6 is 0 Å². The molecule has 1 heterocycles. The van der Waals surface area contributed by atoms with Gasteiger partial charge in [0.2, 0.25) is 10.0 Å². The molecule has 1 aromatic rings. The second kappa shape index (κ2) is 12.8. The molecule has 0 saturated carbocycles. The van der Waals surface area contributed by atoms with Gasteiger partial charge in [-0.1, -0.05) is 32.9 Å². The summed E-state index contributed by atoms with van der Waals surface area (Å²) in [5.41, 5.74) is 0.830. The van der Waals surface area contributed by atoms with Crippen LogP contribution in [0, 0.1) is 6.42 Å². The number of carbonyl (C=O) groups is 1. The van der Waals surface area contributed by atoms with Crippen LogP contribution in [0.15, 0.2) is 29.2 Å². The van der Waals surface area contributed by atoms with Gasteiger partial charge in [0.1, 0.15) is 6.10 Å². The number of ether oxygens (including phenoxy) is 1. The largest absolute Gasteiger partial charge is 2.00 e. The minimum atomic E-state index is -5.05. The third kappa shape index (κ3) is 8.96. The molecule has 1 unspecified atom stereocenters. The number of alkyl halides is 3. The minimum absolute atomic E-state index is 0. The van der Waals surface area contributed by atoms with E-state index in [0.29, 0.717) is 6.29 Å². The van der Waals surface area contributed by atoms with Crippen molar-refractivity contribution in [1.82, 2.24) is 9.21 Å². The van der Waals surface area contributed by atoms with Crippen molar-refractivity contribution in [3.05, 3.63) is 36.2 Å². The predicted molar refractivity (Wildman–Crippen MR) is 113 cm³/mol. The first-order valence-electron chi connectivity index (χ1n) is 9.93. The molecule has 0 aromatic heterocycles. The number of nitrogens with zero attached hydrogens (tertiary/aromatic N) is 2. The molecule has 1 atom stereocenters. The molecule has 1 saturated heterocycles. The fourth-order valence-corrected chi connectivity index (χ4v) is 4.14. The molecule has 0 aliphatic carbocycles. The maximum atomic E-state index is 12.8. The van der Waals surface area contributed by atoms with E-state index >= 15 is 0 Å². The average Bonchev–Trinajstić information content (AvgIpc) is 2.71. The van der Waals surface area contributed by atoms with Gasteiger partial charge in [0.05, 0.1) is 4.90 Å². The van der Waals surface area contributed by atoms with Crippen LogP contribution in [0.5, 0.6) is 0 Å². The Morgan fingerprint density at radius 1 is 1.06 bits per heavy atom. The van der Waals surface area contributed by atoms with E-state index in [1.807, 2.05) is 41.0 Å². The van der Waals surface area contributed by atoms with E-state index in [9.17, 15) is 31.2 Å². The van der Waals surface area contributed by atoms with E-state index in [-0.39, 0.29) is 55.0 Å². The summed E-state index contributed by atoms with van der Waals surface area (Å²) in [4.78, 5) is 23.2. The average molecular weight is 529 g/mol. The Labute approximate surface area is 205 Å². The van der Waals surface area contributed by atoms with Gasteiger partial charge in [0.15, 0.2) is 0 Å². The van der Waals surface area contributed by atoms with Gasteiger partial charge >= 0.3 is 30.8 Å². The van der Waals surface area contributed by atoms with E-state index in [4.69, 9.17) is 0 Å². The molecule has 1 aliphatic heterocycles. The van der Waals surface area contributed by atoms with Crippen LogP contribution in [-0.4, -0.2) is 68.5 Å². The maximum Gasteiger partial charge on any atom is 2.00 e. The van der Waals surface area contributed by atoms with E-state index in [1.165, 1.54) is 12.1 Å². The Hall–Kier alpha value is -1.56. The first-order valence-corrected chi connectivity index (χ1v) is 11.4. The Bertz CT molecular complexity index is 863. The van der Waals surface area contributed by atoms with Crippen molar-refractivity contribution in [3.63, 3.8) is 0 Å². The molecule has 1 amide bonds. The van der Waals surface area contributed by atoms with Gasteiger partial charge in [0, 0.05) is 26.2 Å². The molecule has 33 heavy (non-hydrogen) atoms. The zero-order chi connectivity index (χ0) is 24.7. The summed E-state index contributed by atoms with van der Waals surface area (Å²) in [5.74, 6) is 0. The number of hydrogen-bond donors (Lipinski definition) is 0. The Morgan fingerprint density at radius 2 is 1.52 bits per heavy atom. The molecule has 0 spiro atoms. The van der Waals surface area contributed by atoms with Crippen molar-refractivity contribution >= 4 is 22.4 Å². The van der Waals surface area contributed by atoms with Gasteiger partial charge in [-0.2, -0.15) is 31.3 Å². The summed E-state index contributed by atoms with van der Waals surface area (Å²) in [6, 6.07) is 6.47. The zero-order valence-electron chi connectivity index (χ0n) is 19.2. The summed E-state index contributed by atoms with van der Waals surface area (Å²) in [5, 5.41) is 0.